The van der Waals surface area contributed by atoms with Crippen LogP contribution in [0.5, 0.6) is 0 Å². The van der Waals surface area contributed by atoms with E-state index in [4.69, 9.17) is 0 Å². The summed E-state index contributed by atoms with van der Waals surface area (Å²) in [7, 11) is 0. The van der Waals surface area contributed by atoms with Crippen LogP contribution in [0, 0.1) is 0 Å². The minimum atomic E-state index is 0.357. The number of rotatable bonds is 3. The Morgan fingerprint density at radius 3 is 2.89 bits per heavy atom. The Labute approximate surface area is 107 Å². The number of fused-ring (bicyclic) bond motifs is 1. The van der Waals surface area contributed by atoms with Gasteiger partial charge in [-0.3, -0.25) is 0 Å². The smallest absolute Gasteiger partial charge is 0.150 e. The second-order valence-corrected chi connectivity index (χ2v) is 4.70. The maximum Gasteiger partial charge on any atom is 0.150 e. The molecule has 3 rings (SSSR count). The van der Waals surface area contributed by atoms with Crippen LogP contribution in [0.25, 0.3) is 0 Å². The van der Waals surface area contributed by atoms with Gasteiger partial charge in [-0.15, -0.1) is 10.2 Å². The fourth-order valence-electron chi connectivity index (χ4n) is 2.53. The van der Waals surface area contributed by atoms with Crippen LogP contribution in [-0.4, -0.2) is 21.3 Å². The molecule has 1 aromatic carbocycles. The molecule has 0 saturated heterocycles. The van der Waals surface area contributed by atoms with Crippen molar-refractivity contribution >= 4 is 0 Å². The Hall–Kier alpha value is -1.68. The molecule has 2 aromatic rings. The van der Waals surface area contributed by atoms with Crippen LogP contribution in [0.1, 0.15) is 36.6 Å². The number of nitrogens with zero attached hydrogens (tertiary/aromatic N) is 3. The third-order valence-electron chi connectivity index (χ3n) is 3.51. The van der Waals surface area contributed by atoms with Crippen molar-refractivity contribution in [2.75, 3.05) is 6.54 Å². The molecule has 0 aliphatic carbocycles. The summed E-state index contributed by atoms with van der Waals surface area (Å²) in [4.78, 5) is 0. The lowest BCUT2D eigenvalue weighted by Crippen LogP contribution is -2.33. The normalized spacial score (nSPS) is 18.6. The average molecular weight is 242 g/mol. The SMILES string of the molecule is CCC1NCCn2c(Cc3ccccc3)nnc21. The van der Waals surface area contributed by atoms with Crippen molar-refractivity contribution in [1.29, 1.82) is 0 Å². The summed E-state index contributed by atoms with van der Waals surface area (Å²) in [6, 6.07) is 10.8. The van der Waals surface area contributed by atoms with Crippen molar-refractivity contribution in [1.82, 2.24) is 20.1 Å². The van der Waals surface area contributed by atoms with Crippen molar-refractivity contribution in [3.8, 4) is 0 Å². The molecule has 18 heavy (non-hydrogen) atoms. The van der Waals surface area contributed by atoms with Gasteiger partial charge in [0.05, 0.1) is 6.04 Å². The van der Waals surface area contributed by atoms with Gasteiger partial charge in [0.15, 0.2) is 0 Å². The minimum absolute atomic E-state index is 0.357. The molecule has 0 fully saturated rings. The minimum Gasteiger partial charge on any atom is -0.312 e. The van der Waals surface area contributed by atoms with E-state index >= 15 is 0 Å². The first kappa shape index (κ1) is 11.4. The highest BCUT2D eigenvalue weighted by molar-refractivity contribution is 5.20. The predicted octanol–water partition coefficient (Wildman–Crippen LogP) is 1.92. The van der Waals surface area contributed by atoms with E-state index in [-0.39, 0.29) is 0 Å². The van der Waals surface area contributed by atoms with E-state index in [1.165, 1.54) is 5.56 Å². The van der Waals surface area contributed by atoms with E-state index in [1.807, 2.05) is 6.07 Å². The summed E-state index contributed by atoms with van der Waals surface area (Å²) < 4.78 is 2.28. The first-order valence-corrected chi connectivity index (χ1v) is 6.57. The summed E-state index contributed by atoms with van der Waals surface area (Å²) in [6.45, 7) is 4.16. The van der Waals surface area contributed by atoms with Crippen molar-refractivity contribution in [3.05, 3.63) is 47.5 Å². The highest BCUT2D eigenvalue weighted by Crippen LogP contribution is 2.20. The Morgan fingerprint density at radius 1 is 1.28 bits per heavy atom. The number of nitrogens with one attached hydrogen (secondary N) is 1. The highest BCUT2D eigenvalue weighted by atomic mass is 15.3. The second-order valence-electron chi connectivity index (χ2n) is 4.70. The molecule has 1 aliphatic rings. The van der Waals surface area contributed by atoms with Gasteiger partial charge in [0.25, 0.3) is 0 Å². The third kappa shape index (κ3) is 2.04. The third-order valence-corrected chi connectivity index (χ3v) is 3.51. The zero-order valence-electron chi connectivity index (χ0n) is 10.6. The van der Waals surface area contributed by atoms with Gasteiger partial charge in [-0.1, -0.05) is 37.3 Å². The van der Waals surface area contributed by atoms with Gasteiger partial charge in [0.2, 0.25) is 0 Å². The lowest BCUT2D eigenvalue weighted by molar-refractivity contribution is 0.401. The molecular formula is C14H18N4. The molecule has 1 aromatic heterocycles. The lowest BCUT2D eigenvalue weighted by atomic mass is 10.1. The van der Waals surface area contributed by atoms with Gasteiger partial charge < -0.3 is 9.88 Å². The molecule has 0 saturated carbocycles. The molecule has 0 radical (unpaired) electrons. The second kappa shape index (κ2) is 4.90. The Bertz CT molecular complexity index is 518. The van der Waals surface area contributed by atoms with E-state index < -0.39 is 0 Å². The average Bonchev–Trinajstić information content (AvgIpc) is 2.83. The van der Waals surface area contributed by atoms with Crippen molar-refractivity contribution in [2.45, 2.75) is 32.4 Å². The summed E-state index contributed by atoms with van der Waals surface area (Å²) in [5.74, 6) is 2.17. The largest absolute Gasteiger partial charge is 0.312 e. The Balaban J connectivity index is 1.88. The summed E-state index contributed by atoms with van der Waals surface area (Å²) in [5, 5.41) is 12.2. The van der Waals surface area contributed by atoms with Gasteiger partial charge >= 0.3 is 0 Å². The predicted molar refractivity (Wildman–Crippen MR) is 70.3 cm³/mol. The van der Waals surface area contributed by atoms with Gasteiger partial charge in [-0.2, -0.15) is 0 Å². The van der Waals surface area contributed by atoms with E-state index in [9.17, 15) is 0 Å². The Kier molecular flexibility index (Phi) is 3.11. The molecule has 0 bridgehead atoms. The van der Waals surface area contributed by atoms with Crippen molar-refractivity contribution in [2.24, 2.45) is 0 Å². The van der Waals surface area contributed by atoms with Crippen LogP contribution in [0.4, 0.5) is 0 Å². The molecule has 0 spiro atoms. The molecule has 2 heterocycles. The van der Waals surface area contributed by atoms with Gasteiger partial charge in [-0.25, -0.2) is 0 Å². The van der Waals surface area contributed by atoms with Crippen LogP contribution in [0.3, 0.4) is 0 Å². The summed E-state index contributed by atoms with van der Waals surface area (Å²) in [5.41, 5.74) is 1.29. The standard InChI is InChI=1S/C14H18N4/c1-2-12-14-17-16-13(18(14)9-8-15-12)10-11-6-4-3-5-7-11/h3-7,12,15H,2,8-10H2,1H3. The number of aromatic nitrogens is 3. The number of hydrogen-bond acceptors (Lipinski definition) is 3. The fraction of sp³-hybridized carbons (Fsp3) is 0.429. The van der Waals surface area contributed by atoms with E-state index in [2.05, 4.69) is 51.3 Å². The molecule has 1 atom stereocenters. The molecule has 4 heteroatoms. The number of benzene rings is 1. The van der Waals surface area contributed by atoms with Crippen LogP contribution < -0.4 is 5.32 Å². The molecular weight excluding hydrogens is 224 g/mol. The van der Waals surface area contributed by atoms with E-state index in [1.54, 1.807) is 0 Å². The molecule has 1 N–H and O–H groups in total. The molecule has 0 amide bonds. The van der Waals surface area contributed by atoms with Crippen molar-refractivity contribution in [3.63, 3.8) is 0 Å². The van der Waals surface area contributed by atoms with Gasteiger partial charge in [-0.05, 0) is 12.0 Å². The monoisotopic (exact) mass is 242 g/mol. The van der Waals surface area contributed by atoms with Crippen LogP contribution in [0.2, 0.25) is 0 Å². The molecule has 1 unspecified atom stereocenters. The van der Waals surface area contributed by atoms with Crippen LogP contribution >= 0.6 is 0 Å². The quantitative estimate of drug-likeness (QED) is 0.894. The maximum absolute atomic E-state index is 4.36. The molecule has 4 nitrogen and oxygen atoms in total. The van der Waals surface area contributed by atoms with E-state index in [0.717, 1.165) is 37.6 Å². The van der Waals surface area contributed by atoms with Gasteiger partial charge in [0.1, 0.15) is 11.6 Å². The highest BCUT2D eigenvalue weighted by Gasteiger charge is 2.23. The topological polar surface area (TPSA) is 42.7 Å². The van der Waals surface area contributed by atoms with E-state index in [0.29, 0.717) is 6.04 Å². The number of hydrogen-bond donors (Lipinski definition) is 1. The van der Waals surface area contributed by atoms with Crippen LogP contribution in [0.15, 0.2) is 30.3 Å². The maximum atomic E-state index is 4.36. The first-order chi connectivity index (χ1) is 8.88. The molecule has 94 valence electrons. The Morgan fingerprint density at radius 2 is 2.11 bits per heavy atom. The van der Waals surface area contributed by atoms with Crippen molar-refractivity contribution < 1.29 is 0 Å². The lowest BCUT2D eigenvalue weighted by Gasteiger charge is -2.24. The fourth-order valence-corrected chi connectivity index (χ4v) is 2.53. The van der Waals surface area contributed by atoms with Crippen LogP contribution in [-0.2, 0) is 13.0 Å². The van der Waals surface area contributed by atoms with Gasteiger partial charge in [0, 0.05) is 19.5 Å². The summed E-state index contributed by atoms with van der Waals surface area (Å²) in [6.07, 6.45) is 1.92. The molecule has 1 aliphatic heterocycles. The zero-order chi connectivity index (χ0) is 12.4. The summed E-state index contributed by atoms with van der Waals surface area (Å²) >= 11 is 0. The zero-order valence-corrected chi connectivity index (χ0v) is 10.6. The first-order valence-electron chi connectivity index (χ1n) is 6.57.